The first-order chi connectivity index (χ1) is 9.84. The number of hydrogen-bond acceptors (Lipinski definition) is 3. The summed E-state index contributed by atoms with van der Waals surface area (Å²) in [4.78, 5) is 23.7. The molecule has 5 nitrogen and oxygen atoms in total. The van der Waals surface area contributed by atoms with Gasteiger partial charge in [0.1, 0.15) is 0 Å². The Morgan fingerprint density at radius 3 is 2.62 bits per heavy atom. The molecule has 1 aromatic rings. The van der Waals surface area contributed by atoms with Crippen molar-refractivity contribution >= 4 is 34.8 Å². The fourth-order valence-electron chi connectivity index (χ4n) is 2.07. The number of nitrogens with one attached hydrogen (secondary N) is 2. The van der Waals surface area contributed by atoms with E-state index in [9.17, 15) is 9.59 Å². The lowest BCUT2D eigenvalue weighted by molar-refractivity contribution is -0.121. The third-order valence-corrected chi connectivity index (χ3v) is 4.06. The Kier molecular flexibility index (Phi) is 4.54. The van der Waals surface area contributed by atoms with Gasteiger partial charge in [-0.05, 0) is 43.9 Å². The van der Waals surface area contributed by atoms with Gasteiger partial charge in [-0.3, -0.25) is 9.59 Å². The highest BCUT2D eigenvalue weighted by Gasteiger charge is 2.44. The molecule has 0 saturated heterocycles. The monoisotopic (exact) mass is 309 g/mol. The van der Waals surface area contributed by atoms with Crippen molar-refractivity contribution in [3.05, 3.63) is 23.2 Å². The smallest absolute Gasteiger partial charge is 0.244 e. The summed E-state index contributed by atoms with van der Waals surface area (Å²) >= 11 is 6.09. The van der Waals surface area contributed by atoms with Crippen LogP contribution in [0.1, 0.15) is 33.1 Å². The zero-order chi connectivity index (χ0) is 15.6. The van der Waals surface area contributed by atoms with E-state index in [1.165, 1.54) is 0 Å². The third-order valence-electron chi connectivity index (χ3n) is 3.73. The van der Waals surface area contributed by atoms with Crippen molar-refractivity contribution in [1.29, 1.82) is 0 Å². The molecule has 1 aromatic carbocycles. The Morgan fingerprint density at radius 2 is 2.05 bits per heavy atom. The first-order valence-electron chi connectivity index (χ1n) is 7.04. The van der Waals surface area contributed by atoms with Gasteiger partial charge in [0, 0.05) is 12.1 Å². The van der Waals surface area contributed by atoms with Gasteiger partial charge < -0.3 is 16.4 Å². The van der Waals surface area contributed by atoms with Crippen LogP contribution in [0.15, 0.2) is 18.2 Å². The van der Waals surface area contributed by atoms with Crippen molar-refractivity contribution < 1.29 is 9.59 Å². The van der Waals surface area contributed by atoms with Crippen molar-refractivity contribution in [2.45, 2.75) is 38.6 Å². The zero-order valence-electron chi connectivity index (χ0n) is 12.2. The SMILES string of the molecule is CCC(=O)Nc1ccc(Cl)c(NC(=O)C(C)(N)C2CC2)c1. The van der Waals surface area contributed by atoms with Crippen molar-refractivity contribution in [3.63, 3.8) is 0 Å². The van der Waals surface area contributed by atoms with Crippen LogP contribution in [0.25, 0.3) is 0 Å². The van der Waals surface area contributed by atoms with E-state index in [4.69, 9.17) is 17.3 Å². The first kappa shape index (κ1) is 15.8. The van der Waals surface area contributed by atoms with Crippen LogP contribution in [0, 0.1) is 5.92 Å². The topological polar surface area (TPSA) is 84.2 Å². The molecule has 2 rings (SSSR count). The summed E-state index contributed by atoms with van der Waals surface area (Å²) < 4.78 is 0. The van der Waals surface area contributed by atoms with Crippen molar-refractivity contribution in [1.82, 2.24) is 0 Å². The fraction of sp³-hybridized carbons (Fsp3) is 0.467. The van der Waals surface area contributed by atoms with Crippen LogP contribution in [0.2, 0.25) is 5.02 Å². The highest BCUT2D eigenvalue weighted by Crippen LogP contribution is 2.39. The molecule has 0 aromatic heterocycles. The molecule has 21 heavy (non-hydrogen) atoms. The largest absolute Gasteiger partial charge is 0.326 e. The van der Waals surface area contributed by atoms with E-state index < -0.39 is 5.54 Å². The zero-order valence-corrected chi connectivity index (χ0v) is 13.0. The van der Waals surface area contributed by atoms with Crippen molar-refractivity contribution in [2.24, 2.45) is 11.7 Å². The highest BCUT2D eigenvalue weighted by atomic mass is 35.5. The molecule has 1 aliphatic carbocycles. The Morgan fingerprint density at radius 1 is 1.38 bits per heavy atom. The van der Waals surface area contributed by atoms with Gasteiger partial charge in [-0.1, -0.05) is 18.5 Å². The first-order valence-corrected chi connectivity index (χ1v) is 7.42. The molecule has 1 atom stereocenters. The molecule has 1 unspecified atom stereocenters. The van der Waals surface area contributed by atoms with E-state index in [1.807, 2.05) is 0 Å². The second-order valence-corrected chi connectivity index (χ2v) is 6.01. The number of rotatable bonds is 5. The van der Waals surface area contributed by atoms with E-state index in [0.717, 1.165) is 12.8 Å². The summed E-state index contributed by atoms with van der Waals surface area (Å²) in [6.07, 6.45) is 2.33. The van der Waals surface area contributed by atoms with Crippen LogP contribution in [0.4, 0.5) is 11.4 Å². The standard InChI is InChI=1S/C15H20ClN3O2/c1-3-13(20)18-10-6-7-11(16)12(8-10)19-14(21)15(2,17)9-4-5-9/h6-9H,3-5,17H2,1-2H3,(H,18,20)(H,19,21). The molecule has 1 fully saturated rings. The average Bonchev–Trinajstić information content (AvgIpc) is 3.27. The number of amides is 2. The summed E-state index contributed by atoms with van der Waals surface area (Å²) in [5.41, 5.74) is 6.22. The molecule has 6 heteroatoms. The van der Waals surface area contributed by atoms with Gasteiger partial charge in [-0.2, -0.15) is 0 Å². The van der Waals surface area contributed by atoms with Gasteiger partial charge in [-0.25, -0.2) is 0 Å². The van der Waals surface area contributed by atoms with Crippen LogP contribution < -0.4 is 16.4 Å². The van der Waals surface area contributed by atoms with Gasteiger partial charge in [-0.15, -0.1) is 0 Å². The lowest BCUT2D eigenvalue weighted by Crippen LogP contribution is -2.50. The maximum absolute atomic E-state index is 12.3. The predicted molar refractivity (Wildman–Crippen MR) is 84.3 cm³/mol. The minimum absolute atomic E-state index is 0.101. The summed E-state index contributed by atoms with van der Waals surface area (Å²) in [6.45, 7) is 3.50. The van der Waals surface area contributed by atoms with E-state index >= 15 is 0 Å². The van der Waals surface area contributed by atoms with Crippen LogP contribution >= 0.6 is 11.6 Å². The van der Waals surface area contributed by atoms with Crippen LogP contribution in [0.3, 0.4) is 0 Å². The Hall–Kier alpha value is -1.59. The molecule has 4 N–H and O–H groups in total. The second kappa shape index (κ2) is 6.03. The molecule has 0 heterocycles. The maximum atomic E-state index is 12.3. The number of halogens is 1. The number of hydrogen-bond donors (Lipinski definition) is 3. The molecular weight excluding hydrogens is 290 g/mol. The van der Waals surface area contributed by atoms with E-state index in [2.05, 4.69) is 10.6 Å². The molecule has 0 radical (unpaired) electrons. The molecule has 1 aliphatic rings. The second-order valence-electron chi connectivity index (χ2n) is 5.61. The van der Waals surface area contributed by atoms with Gasteiger partial charge >= 0.3 is 0 Å². The number of benzene rings is 1. The number of carbonyl (C=O) groups is 2. The number of nitrogens with two attached hydrogens (primary N) is 1. The minimum Gasteiger partial charge on any atom is -0.326 e. The highest BCUT2D eigenvalue weighted by molar-refractivity contribution is 6.34. The van der Waals surface area contributed by atoms with Gasteiger partial charge in [0.05, 0.1) is 16.2 Å². The Bertz CT molecular complexity index is 568. The fourth-order valence-corrected chi connectivity index (χ4v) is 2.24. The van der Waals surface area contributed by atoms with E-state index in [-0.39, 0.29) is 17.7 Å². The molecular formula is C15H20ClN3O2. The predicted octanol–water partition coefficient (Wildman–Crippen LogP) is 2.75. The van der Waals surface area contributed by atoms with Crippen LogP contribution in [0.5, 0.6) is 0 Å². The van der Waals surface area contributed by atoms with Gasteiger partial charge in [0.25, 0.3) is 0 Å². The molecule has 0 spiro atoms. The summed E-state index contributed by atoms with van der Waals surface area (Å²) in [6, 6.07) is 4.96. The number of anilines is 2. The quantitative estimate of drug-likeness (QED) is 0.782. The molecule has 114 valence electrons. The maximum Gasteiger partial charge on any atom is 0.244 e. The lowest BCUT2D eigenvalue weighted by Gasteiger charge is -2.23. The molecule has 0 bridgehead atoms. The minimum atomic E-state index is -0.897. The third kappa shape index (κ3) is 3.74. The molecule has 0 aliphatic heterocycles. The number of carbonyl (C=O) groups excluding carboxylic acids is 2. The Balaban J connectivity index is 2.13. The van der Waals surface area contributed by atoms with Gasteiger partial charge in [0.15, 0.2) is 0 Å². The van der Waals surface area contributed by atoms with Crippen molar-refractivity contribution in [2.75, 3.05) is 10.6 Å². The average molecular weight is 310 g/mol. The summed E-state index contributed by atoms with van der Waals surface area (Å²) in [5.74, 6) is -0.138. The summed E-state index contributed by atoms with van der Waals surface area (Å²) in [5, 5.41) is 5.89. The molecule has 2 amide bonds. The normalized spacial score (nSPS) is 17.0. The van der Waals surface area contributed by atoms with Gasteiger partial charge in [0.2, 0.25) is 11.8 Å². The van der Waals surface area contributed by atoms with E-state index in [0.29, 0.717) is 22.8 Å². The van der Waals surface area contributed by atoms with Crippen LogP contribution in [-0.4, -0.2) is 17.4 Å². The van der Waals surface area contributed by atoms with E-state index in [1.54, 1.807) is 32.0 Å². The Labute approximate surface area is 129 Å². The lowest BCUT2D eigenvalue weighted by atomic mass is 9.96. The van der Waals surface area contributed by atoms with Crippen LogP contribution in [-0.2, 0) is 9.59 Å². The summed E-state index contributed by atoms with van der Waals surface area (Å²) in [7, 11) is 0. The molecule has 1 saturated carbocycles. The van der Waals surface area contributed by atoms with Crippen molar-refractivity contribution in [3.8, 4) is 0 Å².